The molecule has 0 amide bonds. The average Bonchev–Trinajstić information content (AvgIpc) is 3.37. The van der Waals surface area contributed by atoms with Gasteiger partial charge in [0, 0.05) is 11.9 Å². The summed E-state index contributed by atoms with van der Waals surface area (Å²) in [7, 11) is 0. The van der Waals surface area contributed by atoms with Crippen LogP contribution in [-0.4, -0.2) is 0 Å². The zero-order valence-electron chi connectivity index (χ0n) is 23.5. The normalized spacial score (nSPS) is 12.9. The Morgan fingerprint density at radius 1 is 0.412 bits per heavy atom. The Morgan fingerprint density at radius 2 is 0.706 bits per heavy atom. The summed E-state index contributed by atoms with van der Waals surface area (Å²) in [6, 6.07) is 0. The van der Waals surface area contributed by atoms with Crippen LogP contribution >= 0.6 is 0 Å². The molecule has 0 N–H and O–H groups in total. The monoisotopic (exact) mass is 472 g/mol. The van der Waals surface area contributed by atoms with Crippen molar-refractivity contribution in [1.29, 1.82) is 0 Å². The van der Waals surface area contributed by atoms with E-state index in [1.165, 1.54) is 185 Å². The van der Waals surface area contributed by atoms with Gasteiger partial charge in [0.05, 0.1) is 0 Å². The minimum atomic E-state index is 1.17. The zero-order valence-corrected chi connectivity index (χ0v) is 23.5. The van der Waals surface area contributed by atoms with Crippen molar-refractivity contribution >= 4 is 0 Å². The first-order chi connectivity index (χ1) is 16.9. The molecule has 0 atom stereocenters. The molecule has 0 unspecified atom stereocenters. The van der Waals surface area contributed by atoms with Gasteiger partial charge in [0.1, 0.15) is 0 Å². The van der Waals surface area contributed by atoms with Crippen LogP contribution in [0.15, 0.2) is 24.0 Å². The van der Waals surface area contributed by atoms with Gasteiger partial charge in [-0.25, -0.2) is 0 Å². The SMILES string of the molecule is CCCCCCCCCCCCCCCCCCCCCCCCCCCCCC1=CC=C[N]1. The van der Waals surface area contributed by atoms with Crippen molar-refractivity contribution in [1.82, 2.24) is 5.32 Å². The number of nitrogens with zero attached hydrogens (tertiary/aromatic N) is 1. The van der Waals surface area contributed by atoms with Crippen molar-refractivity contribution in [3.63, 3.8) is 0 Å². The standard InChI is InChI=1S/C33H62N/c1-2-3-4-5-6-7-8-9-10-11-12-13-14-15-16-17-18-19-20-21-22-23-24-25-26-27-28-30-33-31-29-32-34-33/h29,31-32H,2-28,30H2,1H3. The van der Waals surface area contributed by atoms with E-state index in [0.717, 1.165) is 0 Å². The van der Waals surface area contributed by atoms with Crippen molar-refractivity contribution < 1.29 is 0 Å². The number of allylic oxidation sites excluding steroid dienone is 3. The van der Waals surface area contributed by atoms with Crippen molar-refractivity contribution in [2.75, 3.05) is 0 Å². The highest BCUT2D eigenvalue weighted by atomic mass is 14.9. The summed E-state index contributed by atoms with van der Waals surface area (Å²) in [6.45, 7) is 2.30. The fourth-order valence-corrected chi connectivity index (χ4v) is 5.28. The summed E-state index contributed by atoms with van der Waals surface area (Å²) in [6.07, 6.45) is 46.7. The Labute approximate surface area is 216 Å². The van der Waals surface area contributed by atoms with Crippen LogP contribution in [0.1, 0.15) is 187 Å². The summed E-state index contributed by atoms with van der Waals surface area (Å²) in [5.74, 6) is 0. The maximum absolute atomic E-state index is 4.35. The first kappa shape index (κ1) is 31.3. The molecular formula is C33H62N. The van der Waals surface area contributed by atoms with Gasteiger partial charge in [0.25, 0.3) is 0 Å². The van der Waals surface area contributed by atoms with Crippen molar-refractivity contribution in [2.24, 2.45) is 0 Å². The number of hydrogen-bond donors (Lipinski definition) is 0. The maximum atomic E-state index is 4.35. The third-order valence-electron chi connectivity index (χ3n) is 7.65. The highest BCUT2D eigenvalue weighted by molar-refractivity contribution is 5.19. The predicted molar refractivity (Wildman–Crippen MR) is 154 cm³/mol. The second kappa shape index (κ2) is 26.9. The second-order valence-corrected chi connectivity index (χ2v) is 11.1. The molecule has 1 heteroatoms. The molecule has 1 heterocycles. The molecule has 1 aliphatic heterocycles. The summed E-state index contributed by atoms with van der Waals surface area (Å²) in [5.41, 5.74) is 1.28. The van der Waals surface area contributed by atoms with Gasteiger partial charge in [-0.2, -0.15) is 0 Å². The summed E-state index contributed by atoms with van der Waals surface area (Å²) >= 11 is 0. The van der Waals surface area contributed by atoms with E-state index in [4.69, 9.17) is 0 Å². The fraction of sp³-hybridized carbons (Fsp3) is 0.879. The van der Waals surface area contributed by atoms with Crippen LogP contribution in [0.5, 0.6) is 0 Å². The topological polar surface area (TPSA) is 14.1 Å². The molecule has 1 radical (unpaired) electrons. The molecular weight excluding hydrogens is 410 g/mol. The molecule has 0 aromatic rings. The van der Waals surface area contributed by atoms with Gasteiger partial charge in [-0.15, -0.1) is 0 Å². The average molecular weight is 473 g/mol. The first-order valence-electron chi connectivity index (χ1n) is 16.0. The third-order valence-corrected chi connectivity index (χ3v) is 7.65. The highest BCUT2D eigenvalue weighted by Gasteiger charge is 2.00. The van der Waals surface area contributed by atoms with Crippen molar-refractivity contribution in [2.45, 2.75) is 187 Å². The molecule has 0 aromatic heterocycles. The van der Waals surface area contributed by atoms with Gasteiger partial charge in [-0.05, 0) is 25.0 Å². The Morgan fingerprint density at radius 3 is 0.971 bits per heavy atom. The smallest absolute Gasteiger partial charge is 0.0404 e. The molecule has 1 aliphatic rings. The van der Waals surface area contributed by atoms with Crippen molar-refractivity contribution in [3.05, 3.63) is 24.0 Å². The Balaban J connectivity index is 1.61. The van der Waals surface area contributed by atoms with Gasteiger partial charge in [-0.3, -0.25) is 5.32 Å². The highest BCUT2D eigenvalue weighted by Crippen LogP contribution is 2.17. The number of rotatable bonds is 28. The van der Waals surface area contributed by atoms with E-state index in [9.17, 15) is 0 Å². The maximum Gasteiger partial charge on any atom is 0.0404 e. The molecule has 0 aromatic carbocycles. The van der Waals surface area contributed by atoms with Crippen molar-refractivity contribution in [3.8, 4) is 0 Å². The molecule has 0 saturated heterocycles. The van der Waals surface area contributed by atoms with Crippen LogP contribution in [0.2, 0.25) is 0 Å². The van der Waals surface area contributed by atoms with Gasteiger partial charge >= 0.3 is 0 Å². The molecule has 34 heavy (non-hydrogen) atoms. The summed E-state index contributed by atoms with van der Waals surface area (Å²) < 4.78 is 0. The van der Waals surface area contributed by atoms with Gasteiger partial charge in [0.15, 0.2) is 0 Å². The van der Waals surface area contributed by atoms with Gasteiger partial charge < -0.3 is 0 Å². The lowest BCUT2D eigenvalue weighted by molar-refractivity contribution is 0.514. The fourth-order valence-electron chi connectivity index (χ4n) is 5.28. The van der Waals surface area contributed by atoms with Gasteiger partial charge in [0.2, 0.25) is 0 Å². The lowest BCUT2D eigenvalue weighted by Crippen LogP contribution is -1.92. The molecule has 1 rings (SSSR count). The van der Waals surface area contributed by atoms with E-state index in [1.807, 2.05) is 6.20 Å². The Bertz CT molecular complexity index is 449. The minimum absolute atomic E-state index is 1.17. The Kier molecular flexibility index (Phi) is 24.8. The van der Waals surface area contributed by atoms with Crippen LogP contribution in [0.25, 0.3) is 0 Å². The molecule has 1 nitrogen and oxygen atoms in total. The predicted octanol–water partition coefficient (Wildman–Crippen LogP) is 11.9. The summed E-state index contributed by atoms with van der Waals surface area (Å²) in [4.78, 5) is 0. The van der Waals surface area contributed by atoms with Gasteiger partial charge in [-0.1, -0.05) is 174 Å². The summed E-state index contributed by atoms with van der Waals surface area (Å²) in [5, 5.41) is 4.35. The van der Waals surface area contributed by atoms with E-state index < -0.39 is 0 Å². The van der Waals surface area contributed by atoms with E-state index in [0.29, 0.717) is 0 Å². The molecule has 0 spiro atoms. The van der Waals surface area contributed by atoms with Crippen LogP contribution in [-0.2, 0) is 0 Å². The Hall–Kier alpha value is -0.720. The lowest BCUT2D eigenvalue weighted by Gasteiger charge is -2.05. The van der Waals surface area contributed by atoms with Crippen LogP contribution in [0, 0.1) is 0 Å². The quantitative estimate of drug-likeness (QED) is 0.100. The third kappa shape index (κ3) is 23.0. The van der Waals surface area contributed by atoms with Crippen LogP contribution in [0.3, 0.4) is 0 Å². The largest absolute Gasteiger partial charge is 0.261 e. The number of unbranched alkanes of at least 4 members (excludes halogenated alkanes) is 26. The van der Waals surface area contributed by atoms with Crippen LogP contribution in [0.4, 0.5) is 0 Å². The lowest BCUT2D eigenvalue weighted by atomic mass is 10.0. The molecule has 0 bridgehead atoms. The van der Waals surface area contributed by atoms with E-state index in [2.05, 4.69) is 24.4 Å². The first-order valence-corrected chi connectivity index (χ1v) is 16.0. The van der Waals surface area contributed by atoms with Crippen LogP contribution < -0.4 is 5.32 Å². The molecule has 0 fully saturated rings. The van der Waals surface area contributed by atoms with E-state index in [-0.39, 0.29) is 0 Å². The minimum Gasteiger partial charge on any atom is -0.261 e. The molecule has 0 saturated carbocycles. The second-order valence-electron chi connectivity index (χ2n) is 11.1. The van der Waals surface area contributed by atoms with E-state index in [1.54, 1.807) is 0 Å². The molecule has 199 valence electrons. The molecule has 0 aliphatic carbocycles. The van der Waals surface area contributed by atoms with E-state index >= 15 is 0 Å². The zero-order chi connectivity index (χ0) is 24.2. The number of hydrogen-bond acceptors (Lipinski definition) is 0.